The van der Waals surface area contributed by atoms with E-state index < -0.39 is 0 Å². The molecule has 0 aliphatic heterocycles. The second-order valence-electron chi connectivity index (χ2n) is 5.80. The van der Waals surface area contributed by atoms with Crippen LogP contribution in [-0.2, 0) is 6.42 Å². The van der Waals surface area contributed by atoms with Gasteiger partial charge in [0.25, 0.3) is 0 Å². The van der Waals surface area contributed by atoms with Gasteiger partial charge in [0.1, 0.15) is 0 Å². The summed E-state index contributed by atoms with van der Waals surface area (Å²) in [6, 6.07) is 9.20. The minimum atomic E-state index is 0.280. The summed E-state index contributed by atoms with van der Waals surface area (Å²) in [5, 5.41) is 14.0. The number of para-hydroxylation sites is 1. The van der Waals surface area contributed by atoms with Crippen molar-refractivity contribution in [1.82, 2.24) is 10.3 Å². The van der Waals surface area contributed by atoms with Crippen LogP contribution in [0.5, 0.6) is 0 Å². The molecule has 0 saturated heterocycles. The highest BCUT2D eigenvalue weighted by atomic mass is 32.1. The average molecular weight is 290 g/mol. The number of aromatic nitrogens is 1. The van der Waals surface area contributed by atoms with E-state index in [1.165, 1.54) is 22.5 Å². The van der Waals surface area contributed by atoms with E-state index in [1.54, 1.807) is 11.3 Å². The lowest BCUT2D eigenvalue weighted by Gasteiger charge is -2.22. The highest BCUT2D eigenvalue weighted by Gasteiger charge is 2.31. The summed E-state index contributed by atoms with van der Waals surface area (Å²) < 4.78 is 1.27. The summed E-state index contributed by atoms with van der Waals surface area (Å²) in [5.41, 5.74) is 1.11. The minimum Gasteiger partial charge on any atom is -0.396 e. The lowest BCUT2D eigenvalue weighted by molar-refractivity contribution is 0.249. The Bertz CT molecular complexity index is 531. The Balaban J connectivity index is 1.61. The molecule has 20 heavy (non-hydrogen) atoms. The van der Waals surface area contributed by atoms with Gasteiger partial charge in [0.2, 0.25) is 0 Å². The predicted molar refractivity (Wildman–Crippen MR) is 84.1 cm³/mol. The molecule has 1 aliphatic rings. The van der Waals surface area contributed by atoms with Crippen LogP contribution in [-0.4, -0.2) is 28.8 Å². The molecule has 3 nitrogen and oxygen atoms in total. The zero-order valence-corrected chi connectivity index (χ0v) is 12.7. The van der Waals surface area contributed by atoms with E-state index in [4.69, 9.17) is 10.1 Å². The van der Waals surface area contributed by atoms with Gasteiger partial charge in [0.05, 0.1) is 15.2 Å². The van der Waals surface area contributed by atoms with Crippen molar-refractivity contribution in [2.24, 2.45) is 5.92 Å². The van der Waals surface area contributed by atoms with Crippen molar-refractivity contribution < 1.29 is 5.11 Å². The van der Waals surface area contributed by atoms with E-state index in [0.29, 0.717) is 12.1 Å². The Kier molecular flexibility index (Phi) is 4.34. The van der Waals surface area contributed by atoms with Gasteiger partial charge in [-0.15, -0.1) is 11.3 Å². The molecule has 0 amide bonds. The van der Waals surface area contributed by atoms with Crippen molar-refractivity contribution in [3.63, 3.8) is 0 Å². The Morgan fingerprint density at radius 1 is 1.40 bits per heavy atom. The number of hydrogen-bond acceptors (Lipinski definition) is 4. The van der Waals surface area contributed by atoms with Crippen LogP contribution in [0.25, 0.3) is 10.2 Å². The molecule has 2 aromatic rings. The lowest BCUT2D eigenvalue weighted by atomic mass is 10.1. The van der Waals surface area contributed by atoms with Crippen LogP contribution in [0.4, 0.5) is 0 Å². The number of thiazole rings is 1. The van der Waals surface area contributed by atoms with Gasteiger partial charge in [-0.2, -0.15) is 0 Å². The van der Waals surface area contributed by atoms with Crippen molar-refractivity contribution in [2.75, 3.05) is 6.61 Å². The first kappa shape index (κ1) is 14.0. The van der Waals surface area contributed by atoms with Crippen LogP contribution in [0, 0.1) is 5.92 Å². The van der Waals surface area contributed by atoms with Crippen molar-refractivity contribution in [2.45, 2.75) is 44.7 Å². The van der Waals surface area contributed by atoms with Crippen LogP contribution in [0.3, 0.4) is 0 Å². The standard InChI is InChI=1S/C16H22N2OS/c1-11(17-13(8-9-19)12-6-7-12)10-16-18-14-4-2-3-5-15(14)20-16/h2-5,11-13,17,19H,6-10H2,1H3. The Morgan fingerprint density at radius 2 is 2.20 bits per heavy atom. The number of nitrogens with one attached hydrogen (secondary N) is 1. The second-order valence-corrected chi connectivity index (χ2v) is 6.92. The van der Waals surface area contributed by atoms with Crippen LogP contribution >= 0.6 is 11.3 Å². The van der Waals surface area contributed by atoms with Crippen LogP contribution in [0.1, 0.15) is 31.2 Å². The van der Waals surface area contributed by atoms with Gasteiger partial charge >= 0.3 is 0 Å². The van der Waals surface area contributed by atoms with Gasteiger partial charge in [0, 0.05) is 25.1 Å². The molecule has 0 spiro atoms. The van der Waals surface area contributed by atoms with Crippen molar-refractivity contribution in [3.8, 4) is 0 Å². The SMILES string of the molecule is CC(Cc1nc2ccccc2s1)NC(CCO)C1CC1. The first-order valence-electron chi connectivity index (χ1n) is 7.47. The second kappa shape index (κ2) is 6.20. The number of nitrogens with zero attached hydrogens (tertiary/aromatic N) is 1. The summed E-state index contributed by atoms with van der Waals surface area (Å²) in [5.74, 6) is 0.778. The third-order valence-corrected chi connectivity index (χ3v) is 5.01. The van der Waals surface area contributed by atoms with Gasteiger partial charge in [-0.05, 0) is 44.2 Å². The highest BCUT2D eigenvalue weighted by Crippen LogP contribution is 2.34. The fraction of sp³-hybridized carbons (Fsp3) is 0.562. The van der Waals surface area contributed by atoms with Gasteiger partial charge in [0.15, 0.2) is 0 Å². The number of aliphatic hydroxyl groups is 1. The third-order valence-electron chi connectivity index (χ3n) is 3.95. The van der Waals surface area contributed by atoms with E-state index in [1.807, 2.05) is 6.07 Å². The highest BCUT2D eigenvalue weighted by molar-refractivity contribution is 7.18. The normalized spacial score (nSPS) is 18.3. The molecule has 1 fully saturated rings. The Labute approximate surface area is 124 Å². The van der Waals surface area contributed by atoms with E-state index in [2.05, 4.69) is 30.4 Å². The molecule has 3 rings (SSSR count). The van der Waals surface area contributed by atoms with Gasteiger partial charge in [-0.25, -0.2) is 4.98 Å². The van der Waals surface area contributed by atoms with Crippen LogP contribution in [0.15, 0.2) is 24.3 Å². The number of fused-ring (bicyclic) bond motifs is 1. The molecule has 2 atom stereocenters. The van der Waals surface area contributed by atoms with Gasteiger partial charge in [-0.1, -0.05) is 12.1 Å². The van der Waals surface area contributed by atoms with E-state index in [9.17, 15) is 0 Å². The monoisotopic (exact) mass is 290 g/mol. The zero-order chi connectivity index (χ0) is 13.9. The molecule has 1 heterocycles. The molecule has 2 N–H and O–H groups in total. The van der Waals surface area contributed by atoms with Gasteiger partial charge in [-0.3, -0.25) is 0 Å². The van der Waals surface area contributed by atoms with Crippen LogP contribution < -0.4 is 5.32 Å². The summed E-state index contributed by atoms with van der Waals surface area (Å²) in [4.78, 5) is 4.70. The third kappa shape index (κ3) is 3.37. The number of benzene rings is 1. The fourth-order valence-electron chi connectivity index (χ4n) is 2.79. The Morgan fingerprint density at radius 3 is 2.90 bits per heavy atom. The predicted octanol–water partition coefficient (Wildman–Crippen LogP) is 2.98. The summed E-state index contributed by atoms with van der Waals surface area (Å²) in [6.45, 7) is 2.50. The quantitative estimate of drug-likeness (QED) is 0.824. The topological polar surface area (TPSA) is 45.2 Å². The smallest absolute Gasteiger partial charge is 0.0954 e. The molecule has 1 aliphatic carbocycles. The maximum Gasteiger partial charge on any atom is 0.0954 e. The van der Waals surface area contributed by atoms with Crippen molar-refractivity contribution >= 4 is 21.6 Å². The molecule has 0 bridgehead atoms. The van der Waals surface area contributed by atoms with E-state index >= 15 is 0 Å². The van der Waals surface area contributed by atoms with E-state index in [0.717, 1.165) is 24.3 Å². The molecule has 1 aromatic heterocycles. The molecular weight excluding hydrogens is 268 g/mol. The summed E-state index contributed by atoms with van der Waals surface area (Å²) in [7, 11) is 0. The first-order chi connectivity index (χ1) is 9.76. The average Bonchev–Trinajstić information content (AvgIpc) is 3.19. The summed E-state index contributed by atoms with van der Waals surface area (Å²) >= 11 is 1.79. The molecule has 108 valence electrons. The molecule has 0 radical (unpaired) electrons. The minimum absolute atomic E-state index is 0.280. The number of hydrogen-bond donors (Lipinski definition) is 2. The molecule has 4 heteroatoms. The largest absolute Gasteiger partial charge is 0.396 e. The zero-order valence-electron chi connectivity index (χ0n) is 11.9. The molecule has 1 aromatic carbocycles. The molecule has 1 saturated carbocycles. The van der Waals surface area contributed by atoms with Crippen LogP contribution in [0.2, 0.25) is 0 Å². The van der Waals surface area contributed by atoms with Crippen molar-refractivity contribution in [1.29, 1.82) is 0 Å². The van der Waals surface area contributed by atoms with E-state index in [-0.39, 0.29) is 6.61 Å². The molecular formula is C16H22N2OS. The maximum absolute atomic E-state index is 9.16. The lowest BCUT2D eigenvalue weighted by Crippen LogP contribution is -2.39. The maximum atomic E-state index is 9.16. The number of aliphatic hydroxyl groups excluding tert-OH is 1. The first-order valence-corrected chi connectivity index (χ1v) is 8.29. The Hall–Kier alpha value is -0.970. The van der Waals surface area contributed by atoms with Gasteiger partial charge < -0.3 is 10.4 Å². The van der Waals surface area contributed by atoms with Crippen molar-refractivity contribution in [3.05, 3.63) is 29.3 Å². The summed E-state index contributed by atoms with van der Waals surface area (Å²) in [6.07, 6.45) is 4.46. The fourth-order valence-corrected chi connectivity index (χ4v) is 3.88. The molecule has 2 unspecified atom stereocenters. The number of rotatable bonds is 7.